The Balaban J connectivity index is 1.65. The maximum atomic E-state index is 12.9. The number of rotatable bonds is 5. The number of amides is 1. The van der Waals surface area contributed by atoms with Gasteiger partial charge in [0.15, 0.2) is 0 Å². The zero-order chi connectivity index (χ0) is 19.8. The molecule has 0 saturated carbocycles. The molecule has 1 aliphatic heterocycles. The number of nitrogens with one attached hydrogen (secondary N) is 1. The first-order valence-electron chi connectivity index (χ1n) is 9.28. The highest BCUT2D eigenvalue weighted by molar-refractivity contribution is 7.89. The van der Waals surface area contributed by atoms with E-state index in [0.717, 1.165) is 24.8 Å². The molecule has 1 saturated heterocycles. The fourth-order valence-electron chi connectivity index (χ4n) is 3.68. The predicted octanol–water partition coefficient (Wildman–Crippen LogP) is 1.56. The average Bonchev–Trinajstić information content (AvgIpc) is 3.09. The van der Waals surface area contributed by atoms with Crippen LogP contribution in [0.15, 0.2) is 23.1 Å². The average molecular weight is 394 g/mol. The predicted molar refractivity (Wildman–Crippen MR) is 99.8 cm³/mol. The number of piperidine rings is 1. The van der Waals surface area contributed by atoms with Gasteiger partial charge in [0.1, 0.15) is 5.54 Å². The molecule has 1 amide bonds. The number of aliphatic carboxylic acids is 1. The Bertz CT molecular complexity index is 855. The SMILES string of the molecule is CC(C)(NC(=O)C1CCN(S(=O)(=O)c2ccc3c(c2)CCC3)CC1)C(=O)O. The van der Waals surface area contributed by atoms with Crippen LogP contribution in [-0.4, -0.2) is 48.3 Å². The Morgan fingerprint density at radius 2 is 1.78 bits per heavy atom. The molecule has 2 aliphatic rings. The van der Waals surface area contributed by atoms with Crippen LogP contribution >= 0.6 is 0 Å². The van der Waals surface area contributed by atoms with Gasteiger partial charge in [0, 0.05) is 19.0 Å². The van der Waals surface area contributed by atoms with Crippen molar-refractivity contribution < 1.29 is 23.1 Å². The Morgan fingerprint density at radius 3 is 2.41 bits per heavy atom. The van der Waals surface area contributed by atoms with Crippen molar-refractivity contribution in [3.8, 4) is 0 Å². The lowest BCUT2D eigenvalue weighted by Gasteiger charge is -2.32. The number of fused-ring (bicyclic) bond motifs is 1. The highest BCUT2D eigenvalue weighted by Crippen LogP contribution is 2.28. The molecule has 3 rings (SSSR count). The quantitative estimate of drug-likeness (QED) is 0.789. The summed E-state index contributed by atoms with van der Waals surface area (Å²) in [6, 6.07) is 5.36. The standard InChI is InChI=1S/C19H26N2O5S/c1-19(2,18(23)24)20-17(22)14-8-10-21(11-9-14)27(25,26)16-7-6-13-4-3-5-15(13)12-16/h6-7,12,14H,3-5,8-11H2,1-2H3,(H,20,22)(H,23,24). The third-order valence-electron chi connectivity index (χ3n) is 5.50. The topological polar surface area (TPSA) is 104 Å². The molecule has 148 valence electrons. The summed E-state index contributed by atoms with van der Waals surface area (Å²) in [4.78, 5) is 23.8. The van der Waals surface area contributed by atoms with Gasteiger partial charge in [-0.15, -0.1) is 0 Å². The molecule has 0 aromatic heterocycles. The Kier molecular flexibility index (Phi) is 5.31. The molecule has 0 radical (unpaired) electrons. The summed E-state index contributed by atoms with van der Waals surface area (Å²) in [6.07, 6.45) is 3.74. The summed E-state index contributed by atoms with van der Waals surface area (Å²) in [7, 11) is -3.57. The van der Waals surface area contributed by atoms with E-state index >= 15 is 0 Å². The van der Waals surface area contributed by atoms with Gasteiger partial charge in [-0.3, -0.25) is 4.79 Å². The monoisotopic (exact) mass is 394 g/mol. The fraction of sp³-hybridized carbons (Fsp3) is 0.579. The molecule has 1 aliphatic carbocycles. The lowest BCUT2D eigenvalue weighted by molar-refractivity contribution is -0.146. The van der Waals surface area contributed by atoms with Gasteiger partial charge in [0.05, 0.1) is 4.90 Å². The number of hydrogen-bond donors (Lipinski definition) is 2. The van der Waals surface area contributed by atoms with Crippen LogP contribution in [0.5, 0.6) is 0 Å². The minimum Gasteiger partial charge on any atom is -0.480 e. The van der Waals surface area contributed by atoms with Crippen LogP contribution in [0.4, 0.5) is 0 Å². The van der Waals surface area contributed by atoms with Crippen LogP contribution in [-0.2, 0) is 32.5 Å². The Hall–Kier alpha value is -1.93. The van der Waals surface area contributed by atoms with Crippen molar-refractivity contribution in [2.24, 2.45) is 5.92 Å². The summed E-state index contributed by atoms with van der Waals surface area (Å²) in [5, 5.41) is 11.7. The normalized spacial score (nSPS) is 18.9. The second-order valence-electron chi connectivity index (χ2n) is 7.88. The maximum Gasteiger partial charge on any atom is 0.328 e. The number of benzene rings is 1. The van der Waals surface area contributed by atoms with Crippen LogP contribution < -0.4 is 5.32 Å². The van der Waals surface area contributed by atoms with Crippen molar-refractivity contribution in [3.05, 3.63) is 29.3 Å². The molecule has 0 atom stereocenters. The molecule has 1 heterocycles. The second kappa shape index (κ2) is 7.24. The molecule has 1 aromatic carbocycles. The van der Waals surface area contributed by atoms with E-state index in [2.05, 4.69) is 5.32 Å². The summed E-state index contributed by atoms with van der Waals surface area (Å²) in [5.41, 5.74) is 0.997. The first-order valence-corrected chi connectivity index (χ1v) is 10.7. The van der Waals surface area contributed by atoms with Crippen LogP contribution in [0.25, 0.3) is 0 Å². The van der Waals surface area contributed by atoms with Crippen LogP contribution in [0, 0.1) is 5.92 Å². The van der Waals surface area contributed by atoms with Crippen LogP contribution in [0.2, 0.25) is 0 Å². The third-order valence-corrected chi connectivity index (χ3v) is 7.40. The van der Waals surface area contributed by atoms with E-state index in [-0.39, 0.29) is 24.9 Å². The number of sulfonamides is 1. The lowest BCUT2D eigenvalue weighted by Crippen LogP contribution is -2.53. The molecule has 0 unspecified atom stereocenters. The van der Waals surface area contributed by atoms with Gasteiger partial charge in [-0.1, -0.05) is 6.07 Å². The first-order chi connectivity index (χ1) is 12.6. The summed E-state index contributed by atoms with van der Waals surface area (Å²) < 4.78 is 27.3. The molecule has 27 heavy (non-hydrogen) atoms. The van der Waals surface area contributed by atoms with Crippen molar-refractivity contribution in [1.82, 2.24) is 9.62 Å². The van der Waals surface area contributed by atoms with Crippen LogP contribution in [0.1, 0.15) is 44.2 Å². The number of hydrogen-bond acceptors (Lipinski definition) is 4. The largest absolute Gasteiger partial charge is 0.480 e. The van der Waals surface area contributed by atoms with Gasteiger partial charge in [0.25, 0.3) is 0 Å². The van der Waals surface area contributed by atoms with E-state index in [4.69, 9.17) is 5.11 Å². The van der Waals surface area contributed by atoms with E-state index < -0.39 is 21.5 Å². The molecular weight excluding hydrogens is 368 g/mol. The van der Waals surface area contributed by atoms with E-state index in [0.29, 0.717) is 17.7 Å². The van der Waals surface area contributed by atoms with Gasteiger partial charge in [-0.2, -0.15) is 4.31 Å². The molecule has 7 nitrogen and oxygen atoms in total. The molecule has 0 bridgehead atoms. The lowest BCUT2D eigenvalue weighted by atomic mass is 9.95. The zero-order valence-electron chi connectivity index (χ0n) is 15.7. The molecule has 8 heteroatoms. The number of nitrogens with zero attached hydrogens (tertiary/aromatic N) is 1. The van der Waals surface area contributed by atoms with E-state index in [1.807, 2.05) is 6.07 Å². The van der Waals surface area contributed by atoms with Crippen molar-refractivity contribution >= 4 is 21.9 Å². The molecule has 2 N–H and O–H groups in total. The zero-order valence-corrected chi connectivity index (χ0v) is 16.5. The van der Waals surface area contributed by atoms with Gasteiger partial charge in [-0.25, -0.2) is 13.2 Å². The number of carboxylic acids is 1. The van der Waals surface area contributed by atoms with Crippen LogP contribution in [0.3, 0.4) is 0 Å². The van der Waals surface area contributed by atoms with Crippen molar-refractivity contribution in [3.63, 3.8) is 0 Å². The number of aryl methyl sites for hydroxylation is 2. The van der Waals surface area contributed by atoms with E-state index in [9.17, 15) is 18.0 Å². The summed E-state index contributed by atoms with van der Waals surface area (Å²) in [5.74, 6) is -1.82. The van der Waals surface area contributed by atoms with Gasteiger partial charge in [-0.05, 0) is 69.2 Å². The van der Waals surface area contributed by atoms with Gasteiger partial charge >= 0.3 is 5.97 Å². The third kappa shape index (κ3) is 4.01. The number of carboxylic acid groups (broad SMARTS) is 1. The van der Waals surface area contributed by atoms with Crippen molar-refractivity contribution in [1.29, 1.82) is 0 Å². The van der Waals surface area contributed by atoms with Crippen molar-refractivity contribution in [2.45, 2.75) is 56.4 Å². The second-order valence-corrected chi connectivity index (χ2v) is 9.82. The Morgan fingerprint density at radius 1 is 1.15 bits per heavy atom. The Labute approximate surface area is 159 Å². The van der Waals surface area contributed by atoms with Gasteiger partial charge < -0.3 is 10.4 Å². The first kappa shape index (κ1) is 19.8. The van der Waals surface area contributed by atoms with Gasteiger partial charge in [0.2, 0.25) is 15.9 Å². The summed E-state index contributed by atoms with van der Waals surface area (Å²) >= 11 is 0. The number of carbonyl (C=O) groups is 2. The maximum absolute atomic E-state index is 12.9. The van der Waals surface area contributed by atoms with E-state index in [1.165, 1.54) is 23.7 Å². The smallest absolute Gasteiger partial charge is 0.328 e. The minimum atomic E-state index is -3.57. The molecular formula is C19H26N2O5S. The van der Waals surface area contributed by atoms with E-state index in [1.54, 1.807) is 12.1 Å². The highest BCUT2D eigenvalue weighted by Gasteiger charge is 2.36. The fourth-order valence-corrected chi connectivity index (χ4v) is 5.20. The van der Waals surface area contributed by atoms with Crippen molar-refractivity contribution in [2.75, 3.05) is 13.1 Å². The molecule has 0 spiro atoms. The minimum absolute atomic E-state index is 0.255. The highest BCUT2D eigenvalue weighted by atomic mass is 32.2. The molecule has 1 aromatic rings. The molecule has 1 fully saturated rings. The summed E-state index contributed by atoms with van der Waals surface area (Å²) in [6.45, 7) is 3.37. The number of carbonyl (C=O) groups excluding carboxylic acids is 1.